The van der Waals surface area contributed by atoms with E-state index in [1.54, 1.807) is 6.92 Å². The molecule has 0 aromatic heterocycles. The molecule has 2 heteroatoms. The van der Waals surface area contributed by atoms with Gasteiger partial charge in [-0.2, -0.15) is 0 Å². The Balaban J connectivity index is 0. The minimum atomic E-state index is 0. The maximum atomic E-state index is 7.57. The largest absolute Gasteiger partial charge is 0.397 e. The SMILES string of the molecule is CCO.[K]. The topological polar surface area (TPSA) is 20.2 Å². The molecule has 1 nitrogen and oxygen atoms in total. The van der Waals surface area contributed by atoms with E-state index < -0.39 is 0 Å². The van der Waals surface area contributed by atoms with Crippen LogP contribution in [0, 0.1) is 0 Å². The van der Waals surface area contributed by atoms with Crippen molar-refractivity contribution in [3.8, 4) is 0 Å². The van der Waals surface area contributed by atoms with Crippen molar-refractivity contribution < 1.29 is 5.11 Å². The van der Waals surface area contributed by atoms with Crippen LogP contribution in [-0.2, 0) is 0 Å². The van der Waals surface area contributed by atoms with Crippen LogP contribution in [0.4, 0.5) is 0 Å². The maximum Gasteiger partial charge on any atom is 0.0402 e. The van der Waals surface area contributed by atoms with Gasteiger partial charge in [-0.25, -0.2) is 0 Å². The summed E-state index contributed by atoms with van der Waals surface area (Å²) in [6.45, 7) is 1.93. The molecule has 0 amide bonds. The molecule has 0 saturated heterocycles. The molecule has 1 radical (unpaired) electrons. The zero-order valence-electron chi connectivity index (χ0n) is 3.15. The first kappa shape index (κ1) is 9.14. The van der Waals surface area contributed by atoms with E-state index in [-0.39, 0.29) is 58.0 Å². The Hall–Kier alpha value is 1.60. The fraction of sp³-hybridized carbons (Fsp3) is 1.00. The summed E-state index contributed by atoms with van der Waals surface area (Å²) in [5.74, 6) is 0. The number of hydrogen-bond donors (Lipinski definition) is 1. The van der Waals surface area contributed by atoms with Crippen molar-refractivity contribution in [2.24, 2.45) is 0 Å². The number of aliphatic hydroxyl groups is 1. The second-order valence-corrected chi connectivity index (χ2v) is 0.316. The predicted octanol–water partition coefficient (Wildman–Crippen LogP) is -0.382. The summed E-state index contributed by atoms with van der Waals surface area (Å²) in [5.41, 5.74) is 0. The van der Waals surface area contributed by atoms with Gasteiger partial charge in [-0.1, -0.05) is 0 Å². The average Bonchev–Trinajstić information content (AvgIpc) is 0.918. The molecule has 0 spiro atoms. The normalized spacial score (nSPS) is 4.50. The Labute approximate surface area is 68.8 Å². The Morgan fingerprint density at radius 2 is 1.75 bits per heavy atom. The second-order valence-electron chi connectivity index (χ2n) is 0.316. The van der Waals surface area contributed by atoms with E-state index in [0.29, 0.717) is 0 Å². The van der Waals surface area contributed by atoms with Gasteiger partial charge in [0.05, 0.1) is 0 Å². The van der Waals surface area contributed by atoms with Crippen LogP contribution in [0.15, 0.2) is 0 Å². The third-order valence-corrected chi connectivity index (χ3v) is 0. The molecule has 21 valence electrons. The van der Waals surface area contributed by atoms with Gasteiger partial charge in [-0.05, 0) is 6.92 Å². The molecular weight excluding hydrogens is 79.1 g/mol. The number of hydrogen-bond acceptors (Lipinski definition) is 1. The number of aliphatic hydroxyl groups excluding tert-OH is 1. The summed E-state index contributed by atoms with van der Waals surface area (Å²) in [6.07, 6.45) is 0. The number of rotatable bonds is 0. The molecule has 0 rings (SSSR count). The van der Waals surface area contributed by atoms with E-state index in [0.717, 1.165) is 0 Å². The van der Waals surface area contributed by atoms with Crippen molar-refractivity contribution in [1.29, 1.82) is 0 Å². The van der Waals surface area contributed by atoms with Gasteiger partial charge in [-0.15, -0.1) is 0 Å². The van der Waals surface area contributed by atoms with E-state index >= 15 is 0 Å². The van der Waals surface area contributed by atoms with Gasteiger partial charge in [0.2, 0.25) is 0 Å². The molecule has 0 aromatic rings. The Kier molecular flexibility index (Phi) is 20.2. The predicted molar refractivity (Wildman–Crippen MR) is 18.5 cm³/mol. The summed E-state index contributed by atoms with van der Waals surface area (Å²) < 4.78 is 0. The van der Waals surface area contributed by atoms with Crippen molar-refractivity contribution in [3.05, 3.63) is 0 Å². The fourth-order valence-electron chi connectivity index (χ4n) is 0. The summed E-state index contributed by atoms with van der Waals surface area (Å²) >= 11 is 0. The molecule has 0 unspecified atom stereocenters. The van der Waals surface area contributed by atoms with Crippen molar-refractivity contribution in [3.63, 3.8) is 0 Å². The Morgan fingerprint density at radius 1 is 1.75 bits per heavy atom. The van der Waals surface area contributed by atoms with Gasteiger partial charge in [0.15, 0.2) is 0 Å². The summed E-state index contributed by atoms with van der Waals surface area (Å²) in [5, 5.41) is 7.57. The summed E-state index contributed by atoms with van der Waals surface area (Å²) in [6, 6.07) is 0. The second kappa shape index (κ2) is 8.82. The molecule has 0 heterocycles. The Morgan fingerprint density at radius 3 is 1.75 bits per heavy atom. The Bertz CT molecular complexity index is 6.00. The van der Waals surface area contributed by atoms with E-state index in [4.69, 9.17) is 5.11 Å². The van der Waals surface area contributed by atoms with E-state index in [2.05, 4.69) is 0 Å². The molecule has 0 atom stereocenters. The molecule has 4 heavy (non-hydrogen) atoms. The molecule has 0 saturated carbocycles. The van der Waals surface area contributed by atoms with Crippen LogP contribution in [0.1, 0.15) is 6.92 Å². The standard InChI is InChI=1S/C2H6O.K/c1-2-3;/h3H,2H2,1H3;. The van der Waals surface area contributed by atoms with Gasteiger partial charge in [0.1, 0.15) is 0 Å². The van der Waals surface area contributed by atoms with Crippen LogP contribution in [-0.4, -0.2) is 63.1 Å². The van der Waals surface area contributed by atoms with Crippen LogP contribution in [0.25, 0.3) is 0 Å². The van der Waals surface area contributed by atoms with Crippen LogP contribution in [0.3, 0.4) is 0 Å². The van der Waals surface area contributed by atoms with Crippen LogP contribution >= 0.6 is 0 Å². The van der Waals surface area contributed by atoms with E-state index in [1.165, 1.54) is 0 Å². The van der Waals surface area contributed by atoms with E-state index in [1.807, 2.05) is 0 Å². The minimum Gasteiger partial charge on any atom is -0.397 e. The van der Waals surface area contributed by atoms with Gasteiger partial charge < -0.3 is 5.11 Å². The molecule has 0 aliphatic carbocycles. The molecule has 0 aliphatic heterocycles. The first-order valence-electron chi connectivity index (χ1n) is 1.02. The van der Waals surface area contributed by atoms with Crippen molar-refractivity contribution in [2.45, 2.75) is 6.92 Å². The van der Waals surface area contributed by atoms with Crippen LogP contribution in [0.2, 0.25) is 0 Å². The van der Waals surface area contributed by atoms with Crippen molar-refractivity contribution >= 4 is 51.4 Å². The minimum absolute atomic E-state index is 0. The average molecular weight is 85.2 g/mol. The zero-order valence-corrected chi connectivity index (χ0v) is 6.28. The first-order chi connectivity index (χ1) is 1.41. The van der Waals surface area contributed by atoms with E-state index in [9.17, 15) is 0 Å². The maximum absolute atomic E-state index is 7.57. The fourth-order valence-corrected chi connectivity index (χ4v) is 0. The first-order valence-corrected chi connectivity index (χ1v) is 1.02. The molecule has 0 aromatic carbocycles. The van der Waals surface area contributed by atoms with Crippen LogP contribution < -0.4 is 0 Å². The zero-order chi connectivity index (χ0) is 2.71. The van der Waals surface area contributed by atoms with Crippen molar-refractivity contribution in [2.75, 3.05) is 6.61 Å². The van der Waals surface area contributed by atoms with Gasteiger partial charge in [0, 0.05) is 58.0 Å². The molecule has 0 bridgehead atoms. The third-order valence-electron chi connectivity index (χ3n) is 0. The van der Waals surface area contributed by atoms with Gasteiger partial charge >= 0.3 is 0 Å². The van der Waals surface area contributed by atoms with Crippen molar-refractivity contribution in [1.82, 2.24) is 0 Å². The third kappa shape index (κ3) is 9.51. The quantitative estimate of drug-likeness (QED) is 0.397. The molecule has 0 fully saturated rings. The monoisotopic (exact) mass is 85.0 g/mol. The summed E-state index contributed by atoms with van der Waals surface area (Å²) in [7, 11) is 0. The molecule has 0 aliphatic rings. The molecular formula is C2H6KO. The summed E-state index contributed by atoms with van der Waals surface area (Å²) in [4.78, 5) is 0. The van der Waals surface area contributed by atoms with Gasteiger partial charge in [0.25, 0.3) is 0 Å². The van der Waals surface area contributed by atoms with Crippen LogP contribution in [0.5, 0.6) is 0 Å². The van der Waals surface area contributed by atoms with Gasteiger partial charge in [-0.3, -0.25) is 0 Å². The smallest absolute Gasteiger partial charge is 0.0402 e. The molecule has 1 N–H and O–H groups in total.